The highest BCUT2D eigenvalue weighted by Crippen LogP contribution is 2.35. The van der Waals surface area contributed by atoms with Gasteiger partial charge in [-0.2, -0.15) is 0 Å². The second kappa shape index (κ2) is 6.66. The molecular formula is C16H17ClN2O3. The summed E-state index contributed by atoms with van der Waals surface area (Å²) < 4.78 is 5.67. The van der Waals surface area contributed by atoms with E-state index < -0.39 is 5.97 Å². The number of aliphatic imine (C=N–C) groups is 1. The van der Waals surface area contributed by atoms with E-state index in [0.29, 0.717) is 27.6 Å². The molecule has 0 radical (unpaired) electrons. The molecule has 22 heavy (non-hydrogen) atoms. The van der Waals surface area contributed by atoms with Crippen molar-refractivity contribution in [1.29, 1.82) is 0 Å². The maximum Gasteiger partial charge on any atom is 0.335 e. The molecule has 1 aliphatic rings. The molecule has 0 unspecified atom stereocenters. The van der Waals surface area contributed by atoms with E-state index in [9.17, 15) is 4.79 Å². The lowest BCUT2D eigenvalue weighted by Crippen LogP contribution is -2.03. The molecule has 0 aromatic heterocycles. The zero-order valence-electron chi connectivity index (χ0n) is 12.2. The topological polar surface area (TPSA) is 84.9 Å². The Hall–Kier alpha value is -2.27. The normalized spacial score (nSPS) is 15.5. The first-order chi connectivity index (χ1) is 10.4. The van der Waals surface area contributed by atoms with Gasteiger partial charge in [-0.3, -0.25) is 0 Å². The predicted molar refractivity (Wildman–Crippen MR) is 87.2 cm³/mol. The number of aliphatic carboxylic acids is 1. The maximum absolute atomic E-state index is 11.1. The van der Waals surface area contributed by atoms with Gasteiger partial charge in [-0.1, -0.05) is 18.2 Å². The average molecular weight is 321 g/mol. The van der Waals surface area contributed by atoms with E-state index in [4.69, 9.17) is 27.2 Å². The number of halogens is 1. The van der Waals surface area contributed by atoms with Crippen LogP contribution in [0.25, 0.3) is 5.70 Å². The van der Waals surface area contributed by atoms with Crippen LogP contribution in [-0.2, 0) is 4.79 Å². The van der Waals surface area contributed by atoms with E-state index >= 15 is 0 Å². The van der Waals surface area contributed by atoms with E-state index in [1.165, 1.54) is 0 Å². The highest BCUT2D eigenvalue weighted by Gasteiger charge is 2.24. The molecule has 1 aliphatic carbocycles. The minimum Gasteiger partial charge on any atom is -0.489 e. The first kappa shape index (κ1) is 16.1. The van der Waals surface area contributed by atoms with Crippen LogP contribution >= 0.6 is 11.6 Å². The molecule has 116 valence electrons. The number of nitrogens with zero attached hydrogens (tertiary/aromatic N) is 1. The number of ether oxygens (including phenoxy) is 1. The van der Waals surface area contributed by atoms with Gasteiger partial charge < -0.3 is 15.6 Å². The standard InChI is InChI=1S/C16H17ClN2O3/c1-9(10(2)16(20)21)15(19-8-18)11-3-6-14(13(17)7-11)22-12-4-5-12/h3,6-8,12H,2,4-5H2,1H3,(H2,18,19)(H,20,21)/b15-9-. The van der Waals surface area contributed by atoms with Crippen molar-refractivity contribution in [2.75, 3.05) is 0 Å². The van der Waals surface area contributed by atoms with Crippen molar-refractivity contribution in [3.63, 3.8) is 0 Å². The van der Waals surface area contributed by atoms with Crippen molar-refractivity contribution in [3.05, 3.63) is 46.5 Å². The monoisotopic (exact) mass is 320 g/mol. The van der Waals surface area contributed by atoms with Crippen molar-refractivity contribution in [3.8, 4) is 5.75 Å². The van der Waals surface area contributed by atoms with Crippen LogP contribution in [0.1, 0.15) is 25.3 Å². The molecule has 0 aliphatic heterocycles. The fraction of sp³-hybridized carbons (Fsp3) is 0.250. The minimum atomic E-state index is -1.11. The summed E-state index contributed by atoms with van der Waals surface area (Å²) in [4.78, 5) is 15.1. The van der Waals surface area contributed by atoms with Crippen molar-refractivity contribution >= 4 is 29.6 Å². The Morgan fingerprint density at radius 1 is 1.55 bits per heavy atom. The summed E-state index contributed by atoms with van der Waals surface area (Å²) in [6.07, 6.45) is 3.43. The summed E-state index contributed by atoms with van der Waals surface area (Å²) in [6.45, 7) is 5.17. The van der Waals surface area contributed by atoms with Crippen LogP contribution in [0.3, 0.4) is 0 Å². The van der Waals surface area contributed by atoms with Gasteiger partial charge in [0.15, 0.2) is 0 Å². The number of carboxylic acids is 1. The third kappa shape index (κ3) is 3.68. The fourth-order valence-electron chi connectivity index (χ4n) is 1.87. The molecule has 0 amide bonds. The first-order valence-corrected chi connectivity index (χ1v) is 7.16. The largest absolute Gasteiger partial charge is 0.489 e. The Morgan fingerprint density at radius 3 is 2.73 bits per heavy atom. The molecule has 0 bridgehead atoms. The smallest absolute Gasteiger partial charge is 0.335 e. The number of rotatable bonds is 6. The minimum absolute atomic E-state index is 0.0463. The number of benzene rings is 1. The van der Waals surface area contributed by atoms with Crippen LogP contribution in [0.4, 0.5) is 0 Å². The molecule has 0 spiro atoms. The summed E-state index contributed by atoms with van der Waals surface area (Å²) in [7, 11) is 0. The summed E-state index contributed by atoms with van der Waals surface area (Å²) >= 11 is 6.22. The van der Waals surface area contributed by atoms with Gasteiger partial charge in [0.25, 0.3) is 0 Å². The second-order valence-corrected chi connectivity index (χ2v) is 5.41. The van der Waals surface area contributed by atoms with Crippen LogP contribution in [0.15, 0.2) is 40.9 Å². The zero-order valence-corrected chi connectivity index (χ0v) is 12.9. The summed E-state index contributed by atoms with van der Waals surface area (Å²) in [5, 5.41) is 9.51. The number of carbonyl (C=O) groups is 1. The van der Waals surface area contributed by atoms with E-state index in [-0.39, 0.29) is 11.7 Å². The molecular weight excluding hydrogens is 304 g/mol. The van der Waals surface area contributed by atoms with E-state index in [1.54, 1.807) is 25.1 Å². The average Bonchev–Trinajstić information content (AvgIpc) is 3.29. The summed E-state index contributed by atoms with van der Waals surface area (Å²) in [6, 6.07) is 5.20. The number of hydrogen-bond acceptors (Lipinski definition) is 3. The molecule has 0 heterocycles. The number of nitrogens with two attached hydrogens (primary N) is 1. The Bertz CT molecular complexity index is 676. The lowest BCUT2D eigenvalue weighted by Gasteiger charge is -2.11. The van der Waals surface area contributed by atoms with Crippen molar-refractivity contribution in [1.82, 2.24) is 0 Å². The SMILES string of the molecule is C=C(C(=O)O)/C(C)=C(\N=CN)c1ccc(OC2CC2)c(Cl)c1. The van der Waals surface area contributed by atoms with Crippen LogP contribution in [0.2, 0.25) is 5.02 Å². The molecule has 1 aromatic rings. The molecule has 1 aromatic carbocycles. The van der Waals surface area contributed by atoms with Crippen molar-refractivity contribution in [2.24, 2.45) is 10.7 Å². The maximum atomic E-state index is 11.1. The van der Waals surface area contributed by atoms with Crippen molar-refractivity contribution in [2.45, 2.75) is 25.9 Å². The van der Waals surface area contributed by atoms with Gasteiger partial charge in [-0.25, -0.2) is 9.79 Å². The third-order valence-electron chi connectivity index (χ3n) is 3.29. The number of carboxylic acid groups (broad SMARTS) is 1. The highest BCUT2D eigenvalue weighted by molar-refractivity contribution is 6.32. The van der Waals surface area contributed by atoms with Crippen LogP contribution in [-0.4, -0.2) is 23.5 Å². The van der Waals surface area contributed by atoms with Gasteiger partial charge >= 0.3 is 5.97 Å². The Kier molecular flexibility index (Phi) is 4.88. The zero-order chi connectivity index (χ0) is 16.3. The molecule has 3 N–H and O–H groups in total. The molecule has 6 heteroatoms. The lowest BCUT2D eigenvalue weighted by molar-refractivity contribution is -0.132. The van der Waals surface area contributed by atoms with Gasteiger partial charge in [-0.15, -0.1) is 0 Å². The Balaban J connectivity index is 2.40. The van der Waals surface area contributed by atoms with Gasteiger partial charge in [-0.05, 0) is 43.5 Å². The predicted octanol–water partition coefficient (Wildman–Crippen LogP) is 3.24. The molecule has 1 saturated carbocycles. The quantitative estimate of drug-likeness (QED) is 0.365. The highest BCUT2D eigenvalue weighted by atomic mass is 35.5. The molecule has 1 fully saturated rings. The van der Waals surface area contributed by atoms with Gasteiger partial charge in [0.05, 0.1) is 28.7 Å². The van der Waals surface area contributed by atoms with Crippen LogP contribution < -0.4 is 10.5 Å². The Morgan fingerprint density at radius 2 is 2.23 bits per heavy atom. The van der Waals surface area contributed by atoms with E-state index in [1.807, 2.05) is 0 Å². The Labute approximate surface area is 133 Å². The lowest BCUT2D eigenvalue weighted by atomic mass is 10.0. The van der Waals surface area contributed by atoms with E-state index in [2.05, 4.69) is 11.6 Å². The molecule has 0 saturated heterocycles. The van der Waals surface area contributed by atoms with E-state index in [0.717, 1.165) is 19.2 Å². The molecule has 0 atom stereocenters. The van der Waals surface area contributed by atoms with Crippen LogP contribution in [0, 0.1) is 0 Å². The van der Waals surface area contributed by atoms with Crippen LogP contribution in [0.5, 0.6) is 5.75 Å². The van der Waals surface area contributed by atoms with Gasteiger partial charge in [0, 0.05) is 5.56 Å². The fourth-order valence-corrected chi connectivity index (χ4v) is 2.10. The third-order valence-corrected chi connectivity index (χ3v) is 3.59. The first-order valence-electron chi connectivity index (χ1n) is 6.78. The molecule has 5 nitrogen and oxygen atoms in total. The van der Waals surface area contributed by atoms with Gasteiger partial charge in [0.2, 0.25) is 0 Å². The van der Waals surface area contributed by atoms with Crippen molar-refractivity contribution < 1.29 is 14.6 Å². The second-order valence-electron chi connectivity index (χ2n) is 5.00. The summed E-state index contributed by atoms with van der Waals surface area (Å²) in [5.74, 6) is -0.499. The molecule has 2 rings (SSSR count). The number of hydrogen-bond donors (Lipinski definition) is 2. The summed E-state index contributed by atoms with van der Waals surface area (Å²) in [5.41, 5.74) is 6.79. The van der Waals surface area contributed by atoms with Gasteiger partial charge in [0.1, 0.15) is 5.75 Å².